The van der Waals surface area contributed by atoms with Crippen LogP contribution in [0.5, 0.6) is 5.75 Å². The number of hydrogen-bond donors (Lipinski definition) is 1. The van der Waals surface area contributed by atoms with Crippen molar-refractivity contribution >= 4 is 39.9 Å². The second kappa shape index (κ2) is 7.68. The Bertz CT molecular complexity index is 812. The number of carbonyl (C=O) groups excluding carboxylic acids is 1. The molecule has 1 amide bonds. The number of nitrogens with zero attached hydrogens (tertiary/aromatic N) is 1. The van der Waals surface area contributed by atoms with Crippen LogP contribution in [0.25, 0.3) is 0 Å². The number of halogens is 4. The molecule has 0 aliphatic rings. The Balaban J connectivity index is 2.08. The highest BCUT2D eigenvalue weighted by Gasteiger charge is 2.31. The fourth-order valence-electron chi connectivity index (χ4n) is 1.86. The first-order valence-corrected chi connectivity index (χ1v) is 7.79. The van der Waals surface area contributed by atoms with Crippen molar-refractivity contribution in [3.63, 3.8) is 0 Å². The highest BCUT2D eigenvalue weighted by Crippen LogP contribution is 2.32. The molecule has 0 atom stereocenters. The molecule has 0 saturated carbocycles. The van der Waals surface area contributed by atoms with Gasteiger partial charge in [0.1, 0.15) is 0 Å². The van der Waals surface area contributed by atoms with E-state index in [-0.39, 0.29) is 17.1 Å². The molecule has 6 nitrogen and oxygen atoms in total. The summed E-state index contributed by atoms with van der Waals surface area (Å²) in [4.78, 5) is 22.1. The monoisotopic (exact) mass is 466 g/mol. The van der Waals surface area contributed by atoms with Gasteiger partial charge >= 0.3 is 11.9 Å². The molecule has 10 heteroatoms. The van der Waals surface area contributed by atoms with E-state index in [0.717, 1.165) is 12.1 Å². The van der Waals surface area contributed by atoms with E-state index in [1.165, 1.54) is 30.3 Å². The van der Waals surface area contributed by atoms with Crippen molar-refractivity contribution in [2.24, 2.45) is 0 Å². The van der Waals surface area contributed by atoms with E-state index in [9.17, 15) is 28.1 Å². The lowest BCUT2D eigenvalue weighted by Gasteiger charge is -2.12. The van der Waals surface area contributed by atoms with Gasteiger partial charge in [0, 0.05) is 9.64 Å². The Labute approximate surface area is 153 Å². The summed E-state index contributed by atoms with van der Waals surface area (Å²) >= 11 is 1.78. The van der Waals surface area contributed by atoms with E-state index in [1.54, 1.807) is 22.6 Å². The van der Waals surface area contributed by atoms with Gasteiger partial charge < -0.3 is 10.1 Å². The normalized spacial score (nSPS) is 11.0. The summed E-state index contributed by atoms with van der Waals surface area (Å²) < 4.78 is 43.7. The van der Waals surface area contributed by atoms with Crippen molar-refractivity contribution in [2.75, 3.05) is 11.9 Å². The first-order valence-electron chi connectivity index (χ1n) is 6.71. The Kier molecular flexibility index (Phi) is 5.82. The molecule has 1 N–H and O–H groups in total. The molecule has 0 aromatic heterocycles. The molecular weight excluding hydrogens is 456 g/mol. The minimum absolute atomic E-state index is 0.0217. The topological polar surface area (TPSA) is 81.5 Å². The van der Waals surface area contributed by atoms with Crippen molar-refractivity contribution in [2.45, 2.75) is 6.18 Å². The third kappa shape index (κ3) is 5.05. The lowest BCUT2D eigenvalue weighted by Crippen LogP contribution is -2.21. The number of anilines is 1. The average Bonchev–Trinajstić information content (AvgIpc) is 2.54. The minimum atomic E-state index is -4.54. The van der Waals surface area contributed by atoms with Gasteiger partial charge in [-0.1, -0.05) is 12.1 Å². The van der Waals surface area contributed by atoms with Crippen LogP contribution in [0, 0.1) is 13.7 Å². The number of amides is 1. The number of ether oxygens (including phenoxy) is 1. The molecule has 0 unspecified atom stereocenters. The number of alkyl halides is 3. The van der Waals surface area contributed by atoms with Crippen molar-refractivity contribution in [3.8, 4) is 5.75 Å². The number of rotatable bonds is 5. The van der Waals surface area contributed by atoms with Gasteiger partial charge in [0.25, 0.3) is 5.91 Å². The van der Waals surface area contributed by atoms with Gasteiger partial charge in [0.15, 0.2) is 12.4 Å². The maximum absolute atomic E-state index is 12.7. The number of hydrogen-bond acceptors (Lipinski definition) is 4. The third-order valence-electron chi connectivity index (χ3n) is 2.99. The van der Waals surface area contributed by atoms with E-state index in [0.29, 0.717) is 3.57 Å². The van der Waals surface area contributed by atoms with Gasteiger partial charge in [-0.05, 0) is 46.9 Å². The molecule has 0 spiro atoms. The Morgan fingerprint density at radius 1 is 1.24 bits per heavy atom. The number of nitrogens with one attached hydrogen (secondary N) is 1. The summed E-state index contributed by atoms with van der Waals surface area (Å²) in [5.41, 5.74) is -1.24. The van der Waals surface area contributed by atoms with Crippen molar-refractivity contribution in [1.29, 1.82) is 0 Å². The smallest absolute Gasteiger partial charge is 0.416 e. The van der Waals surface area contributed by atoms with E-state index in [4.69, 9.17) is 4.74 Å². The number of para-hydroxylation sites is 2. The van der Waals surface area contributed by atoms with Crippen LogP contribution in [0.4, 0.5) is 24.5 Å². The summed E-state index contributed by atoms with van der Waals surface area (Å²) in [6.07, 6.45) is -4.54. The zero-order chi connectivity index (χ0) is 18.6. The number of nitro groups is 1. The Hall–Kier alpha value is -2.37. The molecule has 2 rings (SSSR count). The minimum Gasteiger partial charge on any atom is -0.477 e. The molecule has 0 aliphatic carbocycles. The van der Waals surface area contributed by atoms with E-state index < -0.39 is 29.2 Å². The molecule has 132 valence electrons. The molecule has 0 aliphatic heterocycles. The summed E-state index contributed by atoms with van der Waals surface area (Å²) in [5.74, 6) is -0.850. The molecule has 0 bridgehead atoms. The maximum Gasteiger partial charge on any atom is 0.416 e. The molecule has 2 aromatic rings. The number of benzene rings is 2. The lowest BCUT2D eigenvalue weighted by atomic mass is 10.2. The molecule has 0 heterocycles. The van der Waals surface area contributed by atoms with Gasteiger partial charge in [0.05, 0.1) is 16.2 Å². The molecule has 2 aromatic carbocycles. The predicted molar refractivity (Wildman–Crippen MR) is 91.4 cm³/mol. The van der Waals surface area contributed by atoms with E-state index in [1.807, 2.05) is 0 Å². The summed E-state index contributed by atoms with van der Waals surface area (Å²) in [7, 11) is 0. The second-order valence-electron chi connectivity index (χ2n) is 4.75. The highest BCUT2D eigenvalue weighted by molar-refractivity contribution is 14.1. The molecular formula is C15H10F3IN2O4. The van der Waals surface area contributed by atoms with Crippen molar-refractivity contribution < 1.29 is 27.6 Å². The molecule has 0 saturated heterocycles. The number of carbonyl (C=O) groups is 1. The largest absolute Gasteiger partial charge is 0.477 e. The Morgan fingerprint density at radius 3 is 2.56 bits per heavy atom. The molecule has 0 fully saturated rings. The van der Waals surface area contributed by atoms with Crippen LogP contribution < -0.4 is 10.1 Å². The maximum atomic E-state index is 12.7. The van der Waals surface area contributed by atoms with Gasteiger partial charge in [-0.15, -0.1) is 0 Å². The predicted octanol–water partition coefficient (Wildman–Crippen LogP) is 4.24. The van der Waals surface area contributed by atoms with E-state index >= 15 is 0 Å². The van der Waals surface area contributed by atoms with Gasteiger partial charge in [-0.3, -0.25) is 14.9 Å². The first kappa shape index (κ1) is 19.0. The summed E-state index contributed by atoms with van der Waals surface area (Å²) in [6, 6.07) is 8.41. The third-order valence-corrected chi connectivity index (χ3v) is 3.93. The van der Waals surface area contributed by atoms with Crippen molar-refractivity contribution in [1.82, 2.24) is 0 Å². The zero-order valence-corrected chi connectivity index (χ0v) is 14.5. The fourth-order valence-corrected chi connectivity index (χ4v) is 2.33. The zero-order valence-electron chi connectivity index (χ0n) is 12.3. The van der Waals surface area contributed by atoms with Crippen LogP contribution in [0.2, 0.25) is 0 Å². The molecule has 25 heavy (non-hydrogen) atoms. The van der Waals surface area contributed by atoms with Crippen LogP contribution in [-0.4, -0.2) is 17.4 Å². The lowest BCUT2D eigenvalue weighted by molar-refractivity contribution is -0.385. The quantitative estimate of drug-likeness (QED) is 0.406. The van der Waals surface area contributed by atoms with Gasteiger partial charge in [-0.25, -0.2) is 0 Å². The number of nitro benzene ring substituents is 1. The highest BCUT2D eigenvalue weighted by atomic mass is 127. The van der Waals surface area contributed by atoms with Gasteiger partial charge in [-0.2, -0.15) is 13.2 Å². The van der Waals surface area contributed by atoms with Crippen LogP contribution in [0.1, 0.15) is 5.56 Å². The Morgan fingerprint density at radius 2 is 1.92 bits per heavy atom. The average molecular weight is 466 g/mol. The van der Waals surface area contributed by atoms with Crippen LogP contribution in [-0.2, 0) is 11.0 Å². The molecule has 0 radical (unpaired) electrons. The first-order chi connectivity index (χ1) is 11.7. The van der Waals surface area contributed by atoms with Crippen LogP contribution in [0.3, 0.4) is 0 Å². The summed E-state index contributed by atoms with van der Waals surface area (Å²) in [6.45, 7) is -0.586. The van der Waals surface area contributed by atoms with Crippen LogP contribution in [0.15, 0.2) is 42.5 Å². The fraction of sp³-hybridized carbons (Fsp3) is 0.133. The van der Waals surface area contributed by atoms with Crippen molar-refractivity contribution in [3.05, 3.63) is 61.7 Å². The summed E-state index contributed by atoms with van der Waals surface area (Å²) in [5, 5.41) is 13.2. The van der Waals surface area contributed by atoms with Gasteiger partial charge in [0.2, 0.25) is 0 Å². The standard InChI is InChI=1S/C15H10F3IN2O4/c16-15(17,18)9-5-6-10(19)11(7-9)20-14(22)8-25-13-4-2-1-3-12(13)21(23)24/h1-7H,8H2,(H,20,22). The van der Waals surface area contributed by atoms with E-state index in [2.05, 4.69) is 5.32 Å². The SMILES string of the molecule is O=C(COc1ccccc1[N+](=O)[O-])Nc1cc(C(F)(F)F)ccc1I. The van der Waals surface area contributed by atoms with Crippen LogP contribution >= 0.6 is 22.6 Å². The second-order valence-corrected chi connectivity index (χ2v) is 5.92.